The van der Waals surface area contributed by atoms with Gasteiger partial charge < -0.3 is 19.8 Å². The van der Waals surface area contributed by atoms with Gasteiger partial charge in [0.15, 0.2) is 11.6 Å². The first-order chi connectivity index (χ1) is 14.4. The summed E-state index contributed by atoms with van der Waals surface area (Å²) in [7, 11) is 1.28. The maximum Gasteiger partial charge on any atom is 0.316 e. The largest absolute Gasteiger partial charge is 0.497 e. The molecule has 1 aliphatic rings. The Kier molecular flexibility index (Phi) is 5.02. The molecule has 0 unspecified atom stereocenters. The van der Waals surface area contributed by atoms with Crippen molar-refractivity contribution >= 4 is 11.9 Å². The number of nitrogens with zero attached hydrogens (tertiary/aromatic N) is 2. The van der Waals surface area contributed by atoms with Crippen molar-refractivity contribution in [2.45, 2.75) is 12.0 Å². The van der Waals surface area contributed by atoms with Crippen LogP contribution in [-0.4, -0.2) is 35.8 Å². The van der Waals surface area contributed by atoms with Crippen LogP contribution in [0.1, 0.15) is 11.5 Å². The summed E-state index contributed by atoms with van der Waals surface area (Å²) in [5.74, 6) is -5.44. The zero-order valence-electron chi connectivity index (χ0n) is 15.4. The zero-order chi connectivity index (χ0) is 21.4. The first kappa shape index (κ1) is 19.7. The molecule has 2 aromatic carbocycles. The van der Waals surface area contributed by atoms with E-state index in [1.54, 1.807) is 0 Å². The van der Waals surface area contributed by atoms with Crippen LogP contribution in [0.15, 0.2) is 34.7 Å². The Morgan fingerprint density at radius 2 is 1.80 bits per heavy atom. The normalized spacial score (nSPS) is 18.4. The highest BCUT2D eigenvalue weighted by Gasteiger charge is 2.40. The van der Waals surface area contributed by atoms with Crippen molar-refractivity contribution in [3.05, 3.63) is 59.2 Å². The number of nitrogens with one attached hydrogen (secondary N) is 2. The lowest BCUT2D eigenvalue weighted by Gasteiger charge is -2.19. The molecule has 1 fully saturated rings. The molecule has 2 heterocycles. The van der Waals surface area contributed by atoms with Crippen molar-refractivity contribution in [3.63, 3.8) is 0 Å². The van der Waals surface area contributed by atoms with E-state index < -0.39 is 41.1 Å². The molecule has 0 radical (unpaired) electrons. The van der Waals surface area contributed by atoms with Gasteiger partial charge in [0.2, 0.25) is 11.8 Å². The van der Waals surface area contributed by atoms with Gasteiger partial charge in [-0.2, -0.15) is 0 Å². The van der Waals surface area contributed by atoms with Crippen molar-refractivity contribution in [3.8, 4) is 17.2 Å². The number of aromatic nitrogens is 2. The summed E-state index contributed by atoms with van der Waals surface area (Å²) in [6.45, 7) is -0.0269. The van der Waals surface area contributed by atoms with Crippen LogP contribution in [0.3, 0.4) is 0 Å². The minimum atomic E-state index is -1.11. The standard InChI is InChI=1S/C19H14F4N4O3/c1-29-9-5-13(22)15(14(23)6-9)10-7-24-17(28)16(10)25-19-27-26-18(30-19)8-2-3-11(20)12(21)4-8/h2-6,10,16H,7H2,1H3,(H,24,28)(H,25,27)/t10-,16-/m0/s1. The molecule has 11 heteroatoms. The molecule has 1 aliphatic heterocycles. The molecular formula is C19H14F4N4O3. The number of hydrogen-bond donors (Lipinski definition) is 2. The minimum absolute atomic E-state index is 0.00335. The van der Waals surface area contributed by atoms with Crippen molar-refractivity contribution < 1.29 is 31.5 Å². The van der Waals surface area contributed by atoms with Crippen LogP contribution < -0.4 is 15.4 Å². The summed E-state index contributed by atoms with van der Waals surface area (Å²) in [5.41, 5.74) is -0.180. The quantitative estimate of drug-likeness (QED) is 0.615. The number of rotatable bonds is 5. The van der Waals surface area contributed by atoms with E-state index in [-0.39, 0.29) is 35.3 Å². The molecule has 0 aliphatic carbocycles. The molecule has 1 amide bonds. The number of methoxy groups -OCH3 is 1. The van der Waals surface area contributed by atoms with Gasteiger partial charge in [-0.15, -0.1) is 5.10 Å². The van der Waals surface area contributed by atoms with Gasteiger partial charge in [-0.05, 0) is 18.2 Å². The van der Waals surface area contributed by atoms with E-state index in [9.17, 15) is 22.4 Å². The van der Waals surface area contributed by atoms with Crippen LogP contribution in [0.25, 0.3) is 11.5 Å². The van der Waals surface area contributed by atoms with Crippen LogP contribution >= 0.6 is 0 Å². The highest BCUT2D eigenvalue weighted by Crippen LogP contribution is 2.33. The lowest BCUT2D eigenvalue weighted by atomic mass is 9.93. The maximum atomic E-state index is 14.5. The van der Waals surface area contributed by atoms with E-state index in [2.05, 4.69) is 20.8 Å². The summed E-state index contributed by atoms with van der Waals surface area (Å²) >= 11 is 0. The van der Waals surface area contributed by atoms with Gasteiger partial charge in [0.25, 0.3) is 0 Å². The van der Waals surface area contributed by atoms with E-state index in [0.717, 1.165) is 24.3 Å². The summed E-state index contributed by atoms with van der Waals surface area (Å²) in [4.78, 5) is 12.2. The predicted molar refractivity (Wildman–Crippen MR) is 95.7 cm³/mol. The number of ether oxygens (including phenoxy) is 1. The Morgan fingerprint density at radius 3 is 2.47 bits per heavy atom. The topological polar surface area (TPSA) is 89.3 Å². The number of benzene rings is 2. The lowest BCUT2D eigenvalue weighted by Crippen LogP contribution is -2.33. The molecule has 1 aromatic heterocycles. The van der Waals surface area contributed by atoms with Gasteiger partial charge in [0, 0.05) is 35.7 Å². The Morgan fingerprint density at radius 1 is 1.07 bits per heavy atom. The molecular weight excluding hydrogens is 408 g/mol. The molecule has 2 atom stereocenters. The summed E-state index contributed by atoms with van der Waals surface area (Å²) < 4.78 is 65.6. The second-order valence-electron chi connectivity index (χ2n) is 6.52. The number of halogens is 4. The Hall–Kier alpha value is -3.63. The smallest absolute Gasteiger partial charge is 0.316 e. The number of anilines is 1. The Bertz CT molecular complexity index is 1100. The molecule has 7 nitrogen and oxygen atoms in total. The highest BCUT2D eigenvalue weighted by atomic mass is 19.2. The molecule has 0 saturated carbocycles. The van der Waals surface area contributed by atoms with E-state index >= 15 is 0 Å². The lowest BCUT2D eigenvalue weighted by molar-refractivity contribution is -0.119. The summed E-state index contributed by atoms with van der Waals surface area (Å²) in [6.07, 6.45) is 0. The number of hydrogen-bond acceptors (Lipinski definition) is 6. The molecule has 3 aromatic rings. The van der Waals surface area contributed by atoms with Crippen molar-refractivity contribution in [1.29, 1.82) is 0 Å². The molecule has 0 bridgehead atoms. The van der Waals surface area contributed by atoms with E-state index in [0.29, 0.717) is 0 Å². The van der Waals surface area contributed by atoms with Crippen LogP contribution in [-0.2, 0) is 4.79 Å². The summed E-state index contributed by atoms with van der Waals surface area (Å²) in [5, 5.41) is 12.6. The van der Waals surface area contributed by atoms with Gasteiger partial charge in [-0.1, -0.05) is 5.10 Å². The fraction of sp³-hybridized carbons (Fsp3) is 0.211. The third kappa shape index (κ3) is 3.53. The highest BCUT2D eigenvalue weighted by molar-refractivity contribution is 5.88. The average Bonchev–Trinajstić information content (AvgIpc) is 3.32. The SMILES string of the molecule is COc1cc(F)c([C@@H]2CNC(=O)[C@H]2Nc2nnc(-c3ccc(F)c(F)c3)o2)c(F)c1. The number of carbonyl (C=O) groups is 1. The monoisotopic (exact) mass is 422 g/mol. The van der Waals surface area contributed by atoms with E-state index in [4.69, 9.17) is 9.15 Å². The Labute approximate surface area is 167 Å². The van der Waals surface area contributed by atoms with Crippen LogP contribution in [0.5, 0.6) is 5.75 Å². The first-order valence-corrected chi connectivity index (χ1v) is 8.73. The van der Waals surface area contributed by atoms with Gasteiger partial charge in [0.05, 0.1) is 7.11 Å². The molecule has 2 N–H and O–H groups in total. The number of carbonyl (C=O) groups excluding carboxylic acids is 1. The van der Waals surface area contributed by atoms with Crippen LogP contribution in [0, 0.1) is 23.3 Å². The van der Waals surface area contributed by atoms with Crippen LogP contribution in [0.2, 0.25) is 0 Å². The number of amides is 1. The fourth-order valence-corrected chi connectivity index (χ4v) is 3.25. The zero-order valence-corrected chi connectivity index (χ0v) is 15.4. The van der Waals surface area contributed by atoms with E-state index in [1.807, 2.05) is 0 Å². The average molecular weight is 422 g/mol. The van der Waals surface area contributed by atoms with E-state index in [1.165, 1.54) is 13.2 Å². The third-order valence-electron chi connectivity index (χ3n) is 4.71. The molecule has 30 heavy (non-hydrogen) atoms. The molecule has 156 valence electrons. The Balaban J connectivity index is 1.60. The molecule has 1 saturated heterocycles. The molecule has 0 spiro atoms. The molecule has 4 rings (SSSR count). The van der Waals surface area contributed by atoms with Gasteiger partial charge in [-0.3, -0.25) is 4.79 Å². The predicted octanol–water partition coefficient (Wildman–Crippen LogP) is 3.00. The van der Waals surface area contributed by atoms with Crippen molar-refractivity contribution in [2.75, 3.05) is 19.0 Å². The van der Waals surface area contributed by atoms with Crippen molar-refractivity contribution in [2.24, 2.45) is 0 Å². The second kappa shape index (κ2) is 7.65. The van der Waals surface area contributed by atoms with Gasteiger partial charge in [0.1, 0.15) is 23.4 Å². The van der Waals surface area contributed by atoms with Crippen LogP contribution in [0.4, 0.5) is 23.6 Å². The van der Waals surface area contributed by atoms with Crippen molar-refractivity contribution in [1.82, 2.24) is 15.5 Å². The minimum Gasteiger partial charge on any atom is -0.497 e. The first-order valence-electron chi connectivity index (χ1n) is 8.73. The van der Waals surface area contributed by atoms with Gasteiger partial charge >= 0.3 is 6.01 Å². The summed E-state index contributed by atoms with van der Waals surface area (Å²) in [6, 6.07) is 3.72. The maximum absolute atomic E-state index is 14.5. The van der Waals surface area contributed by atoms with Gasteiger partial charge in [-0.25, -0.2) is 17.6 Å². The third-order valence-corrected chi connectivity index (χ3v) is 4.71. The second-order valence-corrected chi connectivity index (χ2v) is 6.52. The fourth-order valence-electron chi connectivity index (χ4n) is 3.25.